The predicted molar refractivity (Wildman–Crippen MR) is 155 cm³/mol. The van der Waals surface area contributed by atoms with Crippen LogP contribution in [0.2, 0.25) is 0 Å². The van der Waals surface area contributed by atoms with Crippen LogP contribution in [0.15, 0.2) is 88.9 Å². The van der Waals surface area contributed by atoms with Gasteiger partial charge in [0.05, 0.1) is 37.2 Å². The Morgan fingerprint density at radius 1 is 1.05 bits per heavy atom. The summed E-state index contributed by atoms with van der Waals surface area (Å²) in [4.78, 5) is 29.0. The first kappa shape index (κ1) is 26.1. The van der Waals surface area contributed by atoms with Crippen molar-refractivity contribution in [3.63, 3.8) is 0 Å². The molecule has 1 aromatic heterocycles. The van der Waals surface area contributed by atoms with Gasteiger partial charge in [-0.3, -0.25) is 24.4 Å². The number of allylic oxidation sites excluding steroid dienone is 1. The van der Waals surface area contributed by atoms with Gasteiger partial charge in [0.25, 0.3) is 15.8 Å². The Labute approximate surface area is 236 Å². The number of nitrogens with zero attached hydrogens (tertiary/aromatic N) is 5. The standard InChI is InChI=1S/C26H19N5O6S3/c32-24-16-38-26(29(24)25-27-22-9-1-2-10-23(22)39-25)15-18(12-11-17-5-3-7-20(13-17)31(33)34)28-30(26)19-6-4-8-21(14-19)40(35,36)37/h1-14H,15-16H2,(H,35,36,37)/b12-11+. The lowest BCUT2D eigenvalue weighted by Crippen LogP contribution is -2.53. The summed E-state index contributed by atoms with van der Waals surface area (Å²) >= 11 is 2.71. The maximum atomic E-state index is 13.4. The molecule has 4 aromatic rings. The van der Waals surface area contributed by atoms with Crippen molar-refractivity contribution in [3.8, 4) is 0 Å². The zero-order valence-corrected chi connectivity index (χ0v) is 22.9. The van der Waals surface area contributed by atoms with Crippen LogP contribution in [0, 0.1) is 10.1 Å². The zero-order valence-electron chi connectivity index (χ0n) is 20.4. The number of aromatic nitrogens is 1. The van der Waals surface area contributed by atoms with Gasteiger partial charge in [0.2, 0.25) is 5.91 Å². The van der Waals surface area contributed by atoms with Crippen molar-refractivity contribution in [2.75, 3.05) is 15.7 Å². The minimum atomic E-state index is -4.50. The van der Waals surface area contributed by atoms with Crippen LogP contribution in [0.3, 0.4) is 0 Å². The molecule has 1 atom stereocenters. The molecule has 0 aliphatic carbocycles. The van der Waals surface area contributed by atoms with E-state index in [0.29, 0.717) is 22.1 Å². The number of carbonyl (C=O) groups is 1. The molecule has 1 unspecified atom stereocenters. The van der Waals surface area contributed by atoms with Gasteiger partial charge in [0.15, 0.2) is 10.1 Å². The monoisotopic (exact) mass is 593 g/mol. The van der Waals surface area contributed by atoms with Gasteiger partial charge >= 0.3 is 0 Å². The highest BCUT2D eigenvalue weighted by molar-refractivity contribution is 8.02. The Kier molecular flexibility index (Phi) is 6.41. The molecular weight excluding hydrogens is 575 g/mol. The summed E-state index contributed by atoms with van der Waals surface area (Å²) < 4.78 is 34.4. The second-order valence-electron chi connectivity index (χ2n) is 8.96. The van der Waals surface area contributed by atoms with Crippen molar-refractivity contribution in [2.45, 2.75) is 16.3 Å². The highest BCUT2D eigenvalue weighted by Gasteiger charge is 2.56. The van der Waals surface area contributed by atoms with Gasteiger partial charge in [-0.15, -0.1) is 0 Å². The molecule has 1 amide bonds. The zero-order chi connectivity index (χ0) is 28.1. The quantitative estimate of drug-likeness (QED) is 0.182. The van der Waals surface area contributed by atoms with Gasteiger partial charge in [-0.25, -0.2) is 9.99 Å². The SMILES string of the molecule is O=C1CSC2(CC(/C=C/c3cccc([N+](=O)[O-])c3)=NN2c2cccc(S(=O)(=O)O)c2)N1c1nc2ccccc2s1. The molecule has 3 heterocycles. The molecule has 0 radical (unpaired) electrons. The van der Waals surface area contributed by atoms with Gasteiger partial charge in [0.1, 0.15) is 0 Å². The number of amides is 1. The van der Waals surface area contributed by atoms with Crippen molar-refractivity contribution in [1.82, 2.24) is 4.98 Å². The van der Waals surface area contributed by atoms with Crippen molar-refractivity contribution in [2.24, 2.45) is 5.10 Å². The number of rotatable bonds is 6. The van der Waals surface area contributed by atoms with Gasteiger partial charge in [-0.2, -0.15) is 13.5 Å². The fourth-order valence-corrected chi connectivity index (χ4v) is 7.56. The third-order valence-corrected chi connectivity index (χ3v) is 9.60. The van der Waals surface area contributed by atoms with E-state index >= 15 is 0 Å². The fraction of sp³-hybridized carbons (Fsp3) is 0.115. The summed E-state index contributed by atoms with van der Waals surface area (Å²) in [7, 11) is -4.50. The van der Waals surface area contributed by atoms with E-state index < -0.39 is 20.0 Å². The molecule has 202 valence electrons. The summed E-state index contributed by atoms with van der Waals surface area (Å²) in [5.41, 5.74) is 2.19. The Morgan fingerprint density at radius 3 is 2.62 bits per heavy atom. The number of hydrogen-bond acceptors (Lipinski definition) is 10. The van der Waals surface area contributed by atoms with E-state index in [9.17, 15) is 27.9 Å². The minimum Gasteiger partial charge on any atom is -0.282 e. The number of anilines is 2. The van der Waals surface area contributed by atoms with Gasteiger partial charge in [-0.05, 0) is 42.0 Å². The first-order valence-electron chi connectivity index (χ1n) is 11.8. The second kappa shape index (κ2) is 9.82. The maximum absolute atomic E-state index is 13.4. The van der Waals surface area contributed by atoms with Gasteiger partial charge < -0.3 is 0 Å². The van der Waals surface area contributed by atoms with E-state index in [1.807, 2.05) is 24.3 Å². The molecule has 0 bridgehead atoms. The Balaban J connectivity index is 1.46. The van der Waals surface area contributed by atoms with Crippen LogP contribution < -0.4 is 9.91 Å². The normalized spacial score (nSPS) is 19.3. The minimum absolute atomic E-state index is 0.0467. The molecule has 40 heavy (non-hydrogen) atoms. The third-order valence-electron chi connectivity index (χ3n) is 6.38. The molecule has 2 aliphatic heterocycles. The number of nitro groups is 1. The Bertz CT molecular complexity index is 1820. The van der Waals surface area contributed by atoms with E-state index in [1.54, 1.807) is 40.3 Å². The van der Waals surface area contributed by atoms with E-state index in [-0.39, 0.29) is 28.7 Å². The second-order valence-corrected chi connectivity index (χ2v) is 12.6. The molecule has 0 saturated carbocycles. The van der Waals surface area contributed by atoms with Crippen LogP contribution in [-0.4, -0.2) is 45.2 Å². The molecule has 1 spiro atoms. The van der Waals surface area contributed by atoms with Crippen molar-refractivity contribution in [1.29, 1.82) is 0 Å². The van der Waals surface area contributed by atoms with Crippen LogP contribution in [0.25, 0.3) is 16.3 Å². The smallest absolute Gasteiger partial charge is 0.282 e. The van der Waals surface area contributed by atoms with E-state index in [1.165, 1.54) is 53.4 Å². The number of benzene rings is 3. The number of thiazole rings is 1. The number of para-hydroxylation sites is 1. The molecule has 2 aliphatic rings. The Morgan fingerprint density at radius 2 is 1.85 bits per heavy atom. The Hall–Kier alpha value is -4.11. The molecule has 1 fully saturated rings. The van der Waals surface area contributed by atoms with Crippen molar-refractivity contribution >= 4 is 77.6 Å². The van der Waals surface area contributed by atoms with Crippen LogP contribution in [0.4, 0.5) is 16.5 Å². The number of thioether (sulfide) groups is 1. The van der Waals surface area contributed by atoms with Crippen LogP contribution in [-0.2, 0) is 14.9 Å². The molecule has 14 heteroatoms. The average molecular weight is 594 g/mol. The molecule has 6 rings (SSSR count). The molecule has 11 nitrogen and oxygen atoms in total. The molecule has 1 N–H and O–H groups in total. The lowest BCUT2D eigenvalue weighted by Gasteiger charge is -2.39. The lowest BCUT2D eigenvalue weighted by molar-refractivity contribution is -0.384. The van der Waals surface area contributed by atoms with Gasteiger partial charge in [-0.1, -0.05) is 59.5 Å². The first-order chi connectivity index (χ1) is 19.1. The lowest BCUT2D eigenvalue weighted by atomic mass is 10.1. The number of nitro benzene ring substituents is 1. The molecule has 3 aromatic carbocycles. The summed E-state index contributed by atoms with van der Waals surface area (Å²) in [6.07, 6.45) is 3.66. The van der Waals surface area contributed by atoms with Crippen molar-refractivity contribution < 1.29 is 22.7 Å². The maximum Gasteiger partial charge on any atom is 0.294 e. The highest BCUT2D eigenvalue weighted by atomic mass is 32.2. The summed E-state index contributed by atoms with van der Waals surface area (Å²) in [6.45, 7) is 0. The molecule has 1 saturated heterocycles. The largest absolute Gasteiger partial charge is 0.294 e. The third kappa shape index (κ3) is 4.64. The number of hydrazone groups is 1. The van der Waals surface area contributed by atoms with Crippen LogP contribution in [0.5, 0.6) is 0 Å². The molecular formula is C26H19N5O6S3. The average Bonchev–Trinajstić information content (AvgIpc) is 3.62. The van der Waals surface area contributed by atoms with E-state index in [2.05, 4.69) is 0 Å². The van der Waals surface area contributed by atoms with Crippen LogP contribution >= 0.6 is 23.1 Å². The van der Waals surface area contributed by atoms with Crippen LogP contribution in [0.1, 0.15) is 12.0 Å². The predicted octanol–water partition coefficient (Wildman–Crippen LogP) is 5.16. The topological polar surface area (TPSA) is 146 Å². The highest BCUT2D eigenvalue weighted by Crippen LogP contribution is 2.51. The van der Waals surface area contributed by atoms with E-state index in [4.69, 9.17) is 10.1 Å². The number of carbonyl (C=O) groups excluding carboxylic acids is 1. The van der Waals surface area contributed by atoms with E-state index in [0.717, 1.165) is 10.2 Å². The summed E-state index contributed by atoms with van der Waals surface area (Å²) in [6, 6.07) is 19.4. The number of fused-ring (bicyclic) bond motifs is 1. The summed E-state index contributed by atoms with van der Waals surface area (Å²) in [5.74, 6) is -0.0407. The van der Waals surface area contributed by atoms with Crippen molar-refractivity contribution in [3.05, 3.63) is 94.6 Å². The number of non-ortho nitro benzene ring substituents is 1. The first-order valence-corrected chi connectivity index (χ1v) is 15.1. The number of hydrogen-bond donors (Lipinski definition) is 1. The van der Waals surface area contributed by atoms with Gasteiger partial charge in [0, 0.05) is 18.6 Å². The summed E-state index contributed by atoms with van der Waals surface area (Å²) in [5, 5.41) is 18.0. The fourth-order valence-electron chi connectivity index (χ4n) is 4.61.